The lowest BCUT2D eigenvalue weighted by Crippen LogP contribution is -2.39. The molecule has 0 aromatic carbocycles. The van der Waals surface area contributed by atoms with Crippen molar-refractivity contribution in [3.05, 3.63) is 10.4 Å². The molecule has 0 unspecified atom stereocenters. The molecule has 0 aliphatic carbocycles. The van der Waals surface area contributed by atoms with Crippen LogP contribution >= 0.6 is 0 Å². The van der Waals surface area contributed by atoms with Gasteiger partial charge >= 0.3 is 5.92 Å². The van der Waals surface area contributed by atoms with Crippen LogP contribution in [-0.4, -0.2) is 41.2 Å². The Bertz CT molecular complexity index is 243. The molecule has 0 saturated carbocycles. The van der Waals surface area contributed by atoms with Gasteiger partial charge in [-0.2, -0.15) is 0 Å². The summed E-state index contributed by atoms with van der Waals surface area (Å²) in [6.45, 7) is -0.756. The summed E-state index contributed by atoms with van der Waals surface area (Å²) in [6, 6.07) is 0. The lowest BCUT2D eigenvalue weighted by molar-refractivity contribution is -0.109. The highest BCUT2D eigenvalue weighted by Crippen LogP contribution is 2.36. The van der Waals surface area contributed by atoms with Crippen molar-refractivity contribution < 1.29 is 23.7 Å². The fraction of sp³-hybridized carbons (Fsp3) is 1.00. The molecule has 3 atom stereocenters. The fourth-order valence-electron chi connectivity index (χ4n) is 1.02. The van der Waals surface area contributed by atoms with Crippen LogP contribution in [0.15, 0.2) is 5.11 Å². The Labute approximate surface area is 71.4 Å². The van der Waals surface area contributed by atoms with Gasteiger partial charge in [-0.1, -0.05) is 5.11 Å². The highest BCUT2D eigenvalue weighted by molar-refractivity contribution is 4.95. The van der Waals surface area contributed by atoms with Gasteiger partial charge in [0, 0.05) is 4.91 Å². The van der Waals surface area contributed by atoms with Crippen LogP contribution in [0.25, 0.3) is 10.4 Å². The lowest BCUT2D eigenvalue weighted by atomic mass is 10.1. The minimum atomic E-state index is -3.65. The topological polar surface area (TPSA) is 98.5 Å². The van der Waals surface area contributed by atoms with Gasteiger partial charge in [-0.3, -0.25) is 0 Å². The van der Waals surface area contributed by atoms with Crippen LogP contribution in [0.4, 0.5) is 8.78 Å². The third kappa shape index (κ3) is 1.56. The predicted molar refractivity (Wildman–Crippen MR) is 35.8 cm³/mol. The predicted octanol–water partition coefficient (Wildman–Crippen LogP) is 0.0101. The molecule has 74 valence electrons. The molecule has 0 radical (unpaired) electrons. The van der Waals surface area contributed by atoms with Gasteiger partial charge in [0.1, 0.15) is 12.2 Å². The molecule has 13 heavy (non-hydrogen) atoms. The number of nitrogens with zero attached hydrogens (tertiary/aromatic N) is 3. The van der Waals surface area contributed by atoms with Crippen molar-refractivity contribution in [2.45, 2.75) is 24.4 Å². The van der Waals surface area contributed by atoms with E-state index in [-0.39, 0.29) is 0 Å². The van der Waals surface area contributed by atoms with Gasteiger partial charge in [-0.05, 0) is 5.53 Å². The number of hydrogen-bond donors (Lipinski definition) is 2. The largest absolute Gasteiger partial charge is 0.394 e. The Balaban J connectivity index is 2.85. The van der Waals surface area contributed by atoms with Crippen molar-refractivity contribution in [2.24, 2.45) is 5.11 Å². The molecule has 0 aromatic heterocycles. The fourth-order valence-corrected chi connectivity index (χ4v) is 1.02. The molecule has 1 fully saturated rings. The summed E-state index contributed by atoms with van der Waals surface area (Å²) in [4.78, 5) is 2.14. The number of hydrogen-bond acceptors (Lipinski definition) is 4. The molecule has 0 aromatic rings. The number of halogens is 2. The Kier molecular flexibility index (Phi) is 2.67. The first-order valence-electron chi connectivity index (χ1n) is 3.40. The first-order valence-corrected chi connectivity index (χ1v) is 3.40. The maximum Gasteiger partial charge on any atom is 0.307 e. The number of alkyl halides is 2. The maximum absolute atomic E-state index is 12.9. The summed E-state index contributed by atoms with van der Waals surface area (Å²) < 4.78 is 30.2. The van der Waals surface area contributed by atoms with E-state index in [1.807, 2.05) is 0 Å². The van der Waals surface area contributed by atoms with Gasteiger partial charge in [0.2, 0.25) is 6.23 Å². The molecule has 1 saturated heterocycles. The molecule has 0 bridgehead atoms. The van der Waals surface area contributed by atoms with E-state index < -0.39 is 31.0 Å². The second-order valence-corrected chi connectivity index (χ2v) is 2.53. The molecule has 1 aliphatic rings. The highest BCUT2D eigenvalue weighted by Gasteiger charge is 2.57. The molecule has 1 rings (SSSR count). The van der Waals surface area contributed by atoms with Crippen LogP contribution in [0.1, 0.15) is 0 Å². The molecule has 1 heterocycles. The van der Waals surface area contributed by atoms with E-state index in [2.05, 4.69) is 14.8 Å². The van der Waals surface area contributed by atoms with E-state index in [0.717, 1.165) is 0 Å². The van der Waals surface area contributed by atoms with Crippen molar-refractivity contribution in [2.75, 3.05) is 6.61 Å². The van der Waals surface area contributed by atoms with Crippen molar-refractivity contribution in [3.63, 3.8) is 0 Å². The zero-order valence-corrected chi connectivity index (χ0v) is 6.34. The molecule has 0 amide bonds. The summed E-state index contributed by atoms with van der Waals surface area (Å²) in [6.07, 6.45) is -5.61. The molecule has 6 nitrogen and oxygen atoms in total. The Hall–Kier alpha value is -0.950. The first kappa shape index (κ1) is 10.1. The van der Waals surface area contributed by atoms with Crippen molar-refractivity contribution in [1.82, 2.24) is 0 Å². The highest BCUT2D eigenvalue weighted by atomic mass is 19.3. The second-order valence-electron chi connectivity index (χ2n) is 2.53. The van der Waals surface area contributed by atoms with Crippen molar-refractivity contribution >= 4 is 0 Å². The third-order valence-electron chi connectivity index (χ3n) is 1.72. The van der Waals surface area contributed by atoms with E-state index in [0.29, 0.717) is 0 Å². The van der Waals surface area contributed by atoms with Gasteiger partial charge in [-0.25, -0.2) is 8.78 Å². The molecular weight excluding hydrogens is 188 g/mol. The van der Waals surface area contributed by atoms with E-state index in [9.17, 15) is 8.78 Å². The van der Waals surface area contributed by atoms with Crippen LogP contribution in [0, 0.1) is 0 Å². The summed E-state index contributed by atoms with van der Waals surface area (Å²) in [5, 5.41) is 20.1. The summed E-state index contributed by atoms with van der Waals surface area (Å²) >= 11 is 0. The molecule has 2 N–H and O–H groups in total. The zero-order chi connectivity index (χ0) is 10.1. The number of aliphatic hydroxyl groups is 2. The third-order valence-corrected chi connectivity index (χ3v) is 1.72. The zero-order valence-electron chi connectivity index (χ0n) is 6.34. The summed E-state index contributed by atoms with van der Waals surface area (Å²) in [5.74, 6) is -3.65. The first-order chi connectivity index (χ1) is 6.04. The van der Waals surface area contributed by atoms with Crippen LogP contribution in [0.5, 0.6) is 0 Å². The minimum absolute atomic E-state index is 0.756. The Morgan fingerprint density at radius 1 is 1.62 bits per heavy atom. The molecule has 1 aliphatic heterocycles. The van der Waals surface area contributed by atoms with E-state index in [1.54, 1.807) is 0 Å². The SMILES string of the molecule is [N-]=[N+]=N[C@@H]1O[C@H](CO)[C@@H](O)C1(F)F. The number of azide groups is 1. The Morgan fingerprint density at radius 2 is 2.23 bits per heavy atom. The van der Waals surface area contributed by atoms with Crippen LogP contribution in [0.3, 0.4) is 0 Å². The summed E-state index contributed by atoms with van der Waals surface area (Å²) in [7, 11) is 0. The minimum Gasteiger partial charge on any atom is -0.394 e. The standard InChI is InChI=1S/C5H7F2N3O3/c6-5(7)3(12)2(1-11)13-4(5)9-10-8/h2-4,11-12H,1H2/t2-,3-,4-/m1/s1. The van der Waals surface area contributed by atoms with Crippen LogP contribution < -0.4 is 0 Å². The van der Waals surface area contributed by atoms with Gasteiger partial charge in [0.25, 0.3) is 0 Å². The molecular formula is C5H7F2N3O3. The Morgan fingerprint density at radius 3 is 2.62 bits per heavy atom. The van der Waals surface area contributed by atoms with Gasteiger partial charge in [-0.15, -0.1) is 0 Å². The van der Waals surface area contributed by atoms with Gasteiger partial charge in [0.05, 0.1) is 6.61 Å². The smallest absolute Gasteiger partial charge is 0.307 e. The van der Waals surface area contributed by atoms with E-state index in [1.165, 1.54) is 0 Å². The number of aliphatic hydroxyl groups excluding tert-OH is 2. The average molecular weight is 195 g/mol. The average Bonchev–Trinajstić information content (AvgIpc) is 2.29. The summed E-state index contributed by atoms with van der Waals surface area (Å²) in [5.41, 5.74) is 7.90. The number of rotatable bonds is 2. The van der Waals surface area contributed by atoms with E-state index in [4.69, 9.17) is 15.7 Å². The van der Waals surface area contributed by atoms with Crippen LogP contribution in [-0.2, 0) is 4.74 Å². The van der Waals surface area contributed by atoms with E-state index >= 15 is 0 Å². The second kappa shape index (κ2) is 3.43. The quantitative estimate of drug-likeness (QED) is 0.368. The van der Waals surface area contributed by atoms with Crippen molar-refractivity contribution in [3.8, 4) is 0 Å². The number of ether oxygens (including phenoxy) is 1. The monoisotopic (exact) mass is 195 g/mol. The normalized spacial score (nSPS) is 37.1. The van der Waals surface area contributed by atoms with Crippen molar-refractivity contribution in [1.29, 1.82) is 0 Å². The van der Waals surface area contributed by atoms with Gasteiger partial charge in [0.15, 0.2) is 0 Å². The lowest BCUT2D eigenvalue weighted by Gasteiger charge is -2.15. The van der Waals surface area contributed by atoms with Crippen LogP contribution in [0.2, 0.25) is 0 Å². The molecule has 8 heteroatoms. The maximum atomic E-state index is 12.9. The molecule has 0 spiro atoms. The van der Waals surface area contributed by atoms with Gasteiger partial charge < -0.3 is 14.9 Å².